The zero-order valence-electron chi connectivity index (χ0n) is 8.60. The molecule has 0 unspecified atom stereocenters. The Morgan fingerprint density at radius 1 is 1.00 bits per heavy atom. The van der Waals surface area contributed by atoms with Gasteiger partial charge in [-0.25, -0.2) is 0 Å². The molecule has 0 rings (SSSR count). The van der Waals surface area contributed by atoms with Gasteiger partial charge >= 0.3 is 0 Å². The number of hydrogen-bond acceptors (Lipinski definition) is 2. The molecule has 0 bridgehead atoms. The molecule has 78 valence electrons. The highest BCUT2D eigenvalue weighted by atomic mass is 15.1. The van der Waals surface area contributed by atoms with Crippen molar-refractivity contribution in [3.05, 3.63) is 0 Å². The highest BCUT2D eigenvalue weighted by Crippen LogP contribution is 1.84. The van der Waals surface area contributed by atoms with E-state index in [0.29, 0.717) is 13.1 Å². The third-order valence-electron chi connectivity index (χ3n) is 1.89. The molecule has 4 nitrogen and oxygen atoms in total. The molecule has 0 aliphatic carbocycles. The maximum absolute atomic E-state index is 7.10. The van der Waals surface area contributed by atoms with Gasteiger partial charge in [-0.1, -0.05) is 6.92 Å². The first-order chi connectivity index (χ1) is 6.35. The topological polar surface area (TPSA) is 62.9 Å². The molecular weight excluding hydrogens is 164 g/mol. The van der Waals surface area contributed by atoms with Crippen molar-refractivity contribution in [2.45, 2.75) is 13.3 Å². The van der Waals surface area contributed by atoms with Crippen LogP contribution in [0.1, 0.15) is 13.3 Å². The van der Waals surface area contributed by atoms with Gasteiger partial charge in [0.25, 0.3) is 0 Å². The van der Waals surface area contributed by atoms with Crippen molar-refractivity contribution in [3.8, 4) is 0 Å². The maximum atomic E-state index is 7.10. The van der Waals surface area contributed by atoms with E-state index >= 15 is 0 Å². The van der Waals surface area contributed by atoms with E-state index in [1.165, 1.54) is 0 Å². The van der Waals surface area contributed by atoms with E-state index in [4.69, 9.17) is 11.5 Å². The van der Waals surface area contributed by atoms with Crippen LogP contribution in [0, 0.1) is 0 Å². The number of hydrogen-bond donors (Lipinski definition) is 1. The quantitative estimate of drug-likeness (QED) is 0.509. The van der Waals surface area contributed by atoms with E-state index < -0.39 is 0 Å². The third kappa shape index (κ3) is 8.18. The molecule has 4 heteroatoms. The zero-order valence-corrected chi connectivity index (χ0v) is 8.60. The first kappa shape index (κ1) is 12.8. The summed E-state index contributed by atoms with van der Waals surface area (Å²) in [6, 6.07) is 0. The molecule has 2 radical (unpaired) electrons. The van der Waals surface area contributed by atoms with Crippen molar-refractivity contribution >= 4 is 0 Å². The van der Waals surface area contributed by atoms with Gasteiger partial charge in [0.2, 0.25) is 0 Å². The van der Waals surface area contributed by atoms with Crippen LogP contribution in [0.2, 0.25) is 0 Å². The number of nitrogens with zero attached hydrogens (tertiary/aromatic N) is 1. The summed E-state index contributed by atoms with van der Waals surface area (Å²) in [7, 11) is 0. The lowest BCUT2D eigenvalue weighted by Gasteiger charge is -2.20. The van der Waals surface area contributed by atoms with Crippen LogP contribution in [0.15, 0.2) is 0 Å². The molecule has 0 aromatic carbocycles. The molecule has 0 aromatic rings. The molecule has 0 fully saturated rings. The van der Waals surface area contributed by atoms with Crippen LogP contribution < -0.4 is 16.8 Å². The Hall–Kier alpha value is -0.160. The Labute approximate surface area is 81.6 Å². The minimum absolute atomic E-state index is 0.438. The van der Waals surface area contributed by atoms with E-state index in [1.807, 2.05) is 0 Å². The van der Waals surface area contributed by atoms with Crippen molar-refractivity contribution in [1.82, 2.24) is 21.7 Å². The van der Waals surface area contributed by atoms with Crippen molar-refractivity contribution in [1.29, 1.82) is 0 Å². The predicted octanol–water partition coefficient (Wildman–Crippen LogP) is -0.146. The molecule has 0 heterocycles. The minimum Gasteiger partial charge on any atom is -0.315 e. The minimum atomic E-state index is 0.438. The van der Waals surface area contributed by atoms with Crippen molar-refractivity contribution in [2.75, 3.05) is 45.8 Å². The Morgan fingerprint density at radius 2 is 1.62 bits per heavy atom. The second-order valence-corrected chi connectivity index (χ2v) is 3.09. The van der Waals surface area contributed by atoms with Gasteiger partial charge in [0.15, 0.2) is 0 Å². The summed E-state index contributed by atoms with van der Waals surface area (Å²) in [5, 5.41) is 3.32. The van der Waals surface area contributed by atoms with Gasteiger partial charge in [-0.2, -0.15) is 0 Å². The van der Waals surface area contributed by atoms with Crippen LogP contribution in [0.5, 0.6) is 0 Å². The second kappa shape index (κ2) is 9.92. The van der Waals surface area contributed by atoms with Gasteiger partial charge in [-0.3, -0.25) is 16.4 Å². The smallest absolute Gasteiger partial charge is 0.0228 e. The van der Waals surface area contributed by atoms with E-state index in [9.17, 15) is 0 Å². The number of rotatable bonds is 9. The SMILES string of the molecule is CCCNCCN(CC[NH])CC[NH]. The van der Waals surface area contributed by atoms with Crippen LogP contribution in [0.25, 0.3) is 0 Å². The maximum Gasteiger partial charge on any atom is 0.0228 e. The van der Waals surface area contributed by atoms with Crippen LogP contribution in [0.3, 0.4) is 0 Å². The lowest BCUT2D eigenvalue weighted by atomic mass is 10.4. The fourth-order valence-electron chi connectivity index (χ4n) is 1.19. The normalized spacial score (nSPS) is 11.1. The highest BCUT2D eigenvalue weighted by Gasteiger charge is 2.01. The fraction of sp³-hybridized carbons (Fsp3) is 1.00. The van der Waals surface area contributed by atoms with Gasteiger partial charge < -0.3 is 5.32 Å². The summed E-state index contributed by atoms with van der Waals surface area (Å²) >= 11 is 0. The van der Waals surface area contributed by atoms with E-state index in [-0.39, 0.29) is 0 Å². The first-order valence-corrected chi connectivity index (χ1v) is 5.07. The fourth-order valence-corrected chi connectivity index (χ4v) is 1.19. The number of nitrogens with one attached hydrogen (secondary N) is 3. The monoisotopic (exact) mass is 186 g/mol. The molecule has 0 saturated heterocycles. The lowest BCUT2D eigenvalue weighted by Crippen LogP contribution is -2.36. The molecule has 0 amide bonds. The standard InChI is InChI=1S/C9H22N4/c1-2-5-12-6-9-13(7-3-10)8-4-11/h10-12H,2-9H2,1H3. The summed E-state index contributed by atoms with van der Waals surface area (Å²) in [4.78, 5) is 2.17. The summed E-state index contributed by atoms with van der Waals surface area (Å²) in [5.74, 6) is 0. The third-order valence-corrected chi connectivity index (χ3v) is 1.89. The highest BCUT2D eigenvalue weighted by molar-refractivity contribution is 4.60. The summed E-state index contributed by atoms with van der Waals surface area (Å²) < 4.78 is 0. The molecule has 0 aliphatic heterocycles. The van der Waals surface area contributed by atoms with Crippen molar-refractivity contribution < 1.29 is 0 Å². The van der Waals surface area contributed by atoms with Crippen LogP contribution in [-0.2, 0) is 0 Å². The summed E-state index contributed by atoms with van der Waals surface area (Å²) in [6.45, 7) is 7.64. The predicted molar refractivity (Wildman–Crippen MR) is 55.5 cm³/mol. The van der Waals surface area contributed by atoms with E-state index in [1.54, 1.807) is 0 Å². The Balaban J connectivity index is 3.33. The largest absolute Gasteiger partial charge is 0.315 e. The molecule has 0 aliphatic rings. The molecule has 13 heavy (non-hydrogen) atoms. The Kier molecular flexibility index (Phi) is 9.80. The molecule has 0 spiro atoms. The molecular formula is C9H22N4. The molecule has 3 N–H and O–H groups in total. The molecule has 0 saturated carbocycles. The Morgan fingerprint density at radius 3 is 2.08 bits per heavy atom. The lowest BCUT2D eigenvalue weighted by molar-refractivity contribution is 0.286. The van der Waals surface area contributed by atoms with Gasteiger partial charge in [0.1, 0.15) is 0 Å². The van der Waals surface area contributed by atoms with E-state index in [0.717, 1.165) is 39.1 Å². The van der Waals surface area contributed by atoms with Gasteiger partial charge in [-0.15, -0.1) is 0 Å². The zero-order chi connectivity index (χ0) is 9.94. The van der Waals surface area contributed by atoms with E-state index in [2.05, 4.69) is 17.1 Å². The van der Waals surface area contributed by atoms with Gasteiger partial charge in [0.05, 0.1) is 0 Å². The van der Waals surface area contributed by atoms with Crippen molar-refractivity contribution in [3.63, 3.8) is 0 Å². The second-order valence-electron chi connectivity index (χ2n) is 3.09. The van der Waals surface area contributed by atoms with Crippen molar-refractivity contribution in [2.24, 2.45) is 0 Å². The average Bonchev–Trinajstić information content (AvgIpc) is 2.13. The van der Waals surface area contributed by atoms with Gasteiger partial charge in [0, 0.05) is 39.3 Å². The van der Waals surface area contributed by atoms with Crippen LogP contribution >= 0.6 is 0 Å². The summed E-state index contributed by atoms with van der Waals surface area (Å²) in [5.41, 5.74) is 14.2. The first-order valence-electron chi connectivity index (χ1n) is 5.07. The summed E-state index contributed by atoms with van der Waals surface area (Å²) in [6.07, 6.45) is 1.16. The van der Waals surface area contributed by atoms with Crippen LogP contribution in [0.4, 0.5) is 0 Å². The molecule has 0 atom stereocenters. The average molecular weight is 186 g/mol. The van der Waals surface area contributed by atoms with Gasteiger partial charge in [-0.05, 0) is 13.0 Å². The Bertz CT molecular complexity index is 91.6. The molecule has 0 aromatic heterocycles. The van der Waals surface area contributed by atoms with Crippen LogP contribution in [-0.4, -0.2) is 50.7 Å².